The third-order valence-electron chi connectivity index (χ3n) is 8.95. The van der Waals surface area contributed by atoms with Crippen LogP contribution >= 0.6 is 0 Å². The molecule has 0 fully saturated rings. The molecule has 0 aliphatic rings. The molecule has 0 radical (unpaired) electrons. The Kier molecular flexibility index (Phi) is 13.5. The molecule has 0 spiro atoms. The number of methoxy groups -OCH3 is 1. The van der Waals surface area contributed by atoms with Crippen molar-refractivity contribution < 1.29 is 33.0 Å². The highest BCUT2D eigenvalue weighted by molar-refractivity contribution is 6.74. The first-order valence-corrected chi connectivity index (χ1v) is 18.8. The molecule has 0 saturated heterocycles. The van der Waals surface area contributed by atoms with Gasteiger partial charge in [0.2, 0.25) is 0 Å². The Hall–Kier alpha value is -3.14. The van der Waals surface area contributed by atoms with Crippen LogP contribution in [0, 0.1) is 5.41 Å². The average Bonchev–Trinajstić information content (AvgIpc) is 3.02. The number of carbonyl (C=O) groups excluding carboxylic acids is 2. The molecule has 0 aromatic heterocycles. The molecule has 250 valence electrons. The quantitative estimate of drug-likeness (QED) is 0.102. The van der Waals surface area contributed by atoms with Gasteiger partial charge in [-0.15, -0.1) is 0 Å². The molecule has 3 aromatic rings. The Morgan fingerprint density at radius 1 is 0.717 bits per heavy atom. The van der Waals surface area contributed by atoms with Crippen LogP contribution in [-0.4, -0.2) is 51.9 Å². The van der Waals surface area contributed by atoms with Crippen LogP contribution in [0.1, 0.15) is 58.2 Å². The van der Waals surface area contributed by atoms with Crippen LogP contribution < -0.4 is 4.74 Å². The first-order valence-electron chi connectivity index (χ1n) is 15.9. The third-order valence-corrected chi connectivity index (χ3v) is 13.4. The van der Waals surface area contributed by atoms with Crippen molar-refractivity contribution in [3.8, 4) is 5.75 Å². The van der Waals surface area contributed by atoms with Gasteiger partial charge in [-0.05, 0) is 53.9 Å². The second-order valence-corrected chi connectivity index (χ2v) is 18.7. The summed E-state index contributed by atoms with van der Waals surface area (Å²) >= 11 is 0. The first-order chi connectivity index (χ1) is 21.7. The Balaban J connectivity index is 2.06. The van der Waals surface area contributed by atoms with E-state index in [0.717, 1.165) is 28.7 Å². The number of ether oxygens (including phenoxy) is 4. The number of benzene rings is 3. The molecule has 7 nitrogen and oxygen atoms in total. The zero-order chi connectivity index (χ0) is 34.0. The zero-order valence-electron chi connectivity index (χ0n) is 28.9. The normalized spacial score (nSPS) is 15.1. The maximum Gasteiger partial charge on any atom is 0.192 e. The van der Waals surface area contributed by atoms with Gasteiger partial charge in [0.05, 0.1) is 39.1 Å². The lowest BCUT2D eigenvalue weighted by molar-refractivity contribution is -0.183. The highest BCUT2D eigenvalue weighted by atomic mass is 28.4. The molecular weight excluding hydrogens is 596 g/mol. The van der Waals surface area contributed by atoms with Gasteiger partial charge in [-0.3, -0.25) is 4.79 Å². The summed E-state index contributed by atoms with van der Waals surface area (Å²) in [5.41, 5.74) is 1.85. The predicted molar refractivity (Wildman–Crippen MR) is 184 cm³/mol. The van der Waals surface area contributed by atoms with Crippen molar-refractivity contribution in [1.29, 1.82) is 0 Å². The van der Waals surface area contributed by atoms with E-state index in [2.05, 4.69) is 33.9 Å². The van der Waals surface area contributed by atoms with Gasteiger partial charge in [0.15, 0.2) is 20.4 Å². The van der Waals surface area contributed by atoms with Crippen LogP contribution in [0.3, 0.4) is 0 Å². The van der Waals surface area contributed by atoms with Gasteiger partial charge in [-0.2, -0.15) is 0 Å². The minimum Gasteiger partial charge on any atom is -0.497 e. The molecule has 0 aliphatic carbocycles. The second-order valence-electron chi connectivity index (χ2n) is 13.9. The van der Waals surface area contributed by atoms with E-state index >= 15 is 0 Å². The molecular formula is C38H52O7Si. The van der Waals surface area contributed by atoms with E-state index < -0.39 is 38.1 Å². The SMILES string of the molecule is COc1ccc(COC(C(C=O)OCc2ccccc2)C(C)(C)C(O[Si](C)(C)C(C)(C)C)C(OCc2ccccc2)C(C)=O)cc1. The predicted octanol–water partition coefficient (Wildman–Crippen LogP) is 7.96. The summed E-state index contributed by atoms with van der Waals surface area (Å²) in [5.74, 6) is 0.578. The van der Waals surface area contributed by atoms with Crippen molar-refractivity contribution >= 4 is 20.4 Å². The highest BCUT2D eigenvalue weighted by Gasteiger charge is 2.52. The topological polar surface area (TPSA) is 80.3 Å². The van der Waals surface area contributed by atoms with Crippen molar-refractivity contribution in [2.24, 2.45) is 5.41 Å². The third kappa shape index (κ3) is 10.2. The molecule has 0 N–H and O–H groups in total. The molecule has 3 rings (SSSR count). The first kappa shape index (κ1) is 37.3. The molecule has 0 amide bonds. The number of Topliss-reactive ketones (excluding diaryl/α,β-unsaturated/α-hetero) is 1. The zero-order valence-corrected chi connectivity index (χ0v) is 29.9. The van der Waals surface area contributed by atoms with Crippen LogP contribution in [0.15, 0.2) is 84.9 Å². The number of hydrogen-bond donors (Lipinski definition) is 0. The maximum atomic E-state index is 13.5. The molecule has 3 aromatic carbocycles. The van der Waals surface area contributed by atoms with Gasteiger partial charge in [0, 0.05) is 5.41 Å². The lowest BCUT2D eigenvalue weighted by Gasteiger charge is -2.49. The van der Waals surface area contributed by atoms with Crippen molar-refractivity contribution in [2.75, 3.05) is 7.11 Å². The van der Waals surface area contributed by atoms with Crippen molar-refractivity contribution in [3.63, 3.8) is 0 Å². The average molecular weight is 649 g/mol. The van der Waals surface area contributed by atoms with Crippen LogP contribution in [0.2, 0.25) is 18.1 Å². The monoisotopic (exact) mass is 648 g/mol. The molecule has 0 aliphatic heterocycles. The Morgan fingerprint density at radius 2 is 1.20 bits per heavy atom. The number of carbonyl (C=O) groups is 2. The Bertz CT molecular complexity index is 1350. The lowest BCUT2D eigenvalue weighted by Crippen LogP contribution is -2.60. The van der Waals surface area contributed by atoms with E-state index in [0.29, 0.717) is 0 Å². The largest absolute Gasteiger partial charge is 0.497 e. The van der Waals surface area contributed by atoms with Gasteiger partial charge < -0.3 is 28.2 Å². The molecule has 0 heterocycles. The minimum atomic E-state index is -2.48. The van der Waals surface area contributed by atoms with Crippen molar-refractivity contribution in [1.82, 2.24) is 0 Å². The molecule has 4 unspecified atom stereocenters. The van der Waals surface area contributed by atoms with Gasteiger partial charge in [0.25, 0.3) is 0 Å². The number of ketones is 1. The fraction of sp³-hybridized carbons (Fsp3) is 0.474. The Morgan fingerprint density at radius 3 is 1.65 bits per heavy atom. The summed E-state index contributed by atoms with van der Waals surface area (Å²) in [6.45, 7) is 16.9. The lowest BCUT2D eigenvalue weighted by atomic mass is 9.75. The highest BCUT2D eigenvalue weighted by Crippen LogP contribution is 2.43. The summed E-state index contributed by atoms with van der Waals surface area (Å²) in [6.07, 6.45) is -2.63. The summed E-state index contributed by atoms with van der Waals surface area (Å²) in [6, 6.07) is 27.0. The number of aldehydes is 1. The van der Waals surface area contributed by atoms with Crippen LogP contribution in [0.5, 0.6) is 5.75 Å². The van der Waals surface area contributed by atoms with Gasteiger partial charge in [-0.25, -0.2) is 0 Å². The summed E-state index contributed by atoms with van der Waals surface area (Å²) < 4.78 is 31.8. The molecule has 8 heteroatoms. The Labute approximate surface area is 276 Å². The standard InChI is InChI=1S/C38H52O7Si/c1-28(40)34(43-26-30-18-14-11-15-19-30)36(45-46(8,9)37(2,3)4)38(5,6)35(44-27-31-20-22-32(41-7)23-21-31)33(24-39)42-25-29-16-12-10-13-17-29/h10-24,33-36H,25-27H2,1-9H3. The molecule has 4 atom stereocenters. The summed E-state index contributed by atoms with van der Waals surface area (Å²) in [4.78, 5) is 26.3. The molecule has 46 heavy (non-hydrogen) atoms. The van der Waals surface area contributed by atoms with Gasteiger partial charge >= 0.3 is 0 Å². The van der Waals surface area contributed by atoms with E-state index in [-0.39, 0.29) is 30.6 Å². The van der Waals surface area contributed by atoms with Crippen molar-refractivity contribution in [2.45, 2.75) is 104 Å². The number of hydrogen-bond acceptors (Lipinski definition) is 7. The fourth-order valence-corrected chi connectivity index (χ4v) is 6.46. The minimum absolute atomic E-state index is 0.157. The van der Waals surface area contributed by atoms with Crippen LogP contribution in [-0.2, 0) is 48.0 Å². The summed E-state index contributed by atoms with van der Waals surface area (Å²) in [7, 11) is -0.863. The van der Waals surface area contributed by atoms with E-state index in [1.54, 1.807) is 7.11 Å². The smallest absolute Gasteiger partial charge is 0.192 e. The van der Waals surface area contributed by atoms with E-state index in [4.69, 9.17) is 23.4 Å². The van der Waals surface area contributed by atoms with Gasteiger partial charge in [-0.1, -0.05) is 107 Å². The van der Waals surface area contributed by atoms with Crippen LogP contribution in [0.4, 0.5) is 0 Å². The fourth-order valence-electron chi connectivity index (χ4n) is 5.04. The summed E-state index contributed by atoms with van der Waals surface area (Å²) in [5, 5.41) is -0.157. The number of rotatable bonds is 18. The van der Waals surface area contributed by atoms with Crippen LogP contribution in [0.25, 0.3) is 0 Å². The van der Waals surface area contributed by atoms with E-state index in [1.165, 1.54) is 6.92 Å². The van der Waals surface area contributed by atoms with Crippen molar-refractivity contribution in [3.05, 3.63) is 102 Å². The molecule has 0 saturated carbocycles. The van der Waals surface area contributed by atoms with E-state index in [9.17, 15) is 9.59 Å². The van der Waals surface area contributed by atoms with Gasteiger partial charge in [0.1, 0.15) is 18.0 Å². The maximum absolute atomic E-state index is 13.5. The second kappa shape index (κ2) is 16.6. The van der Waals surface area contributed by atoms with E-state index in [1.807, 2.05) is 98.8 Å². The molecule has 0 bridgehead atoms.